The van der Waals surface area contributed by atoms with Gasteiger partial charge in [-0.25, -0.2) is 9.78 Å². The Hall–Kier alpha value is -1.71. The highest BCUT2D eigenvalue weighted by atomic mass is 16.5. The quantitative estimate of drug-likeness (QED) is 0.501. The minimum atomic E-state index is -0.592. The topological polar surface area (TPSA) is 56.3 Å². The van der Waals surface area contributed by atoms with Gasteiger partial charge in [0.05, 0.1) is 7.11 Å². The molecule has 0 spiro atoms. The molecule has 0 aliphatic carbocycles. The molecule has 0 saturated carbocycles. The van der Waals surface area contributed by atoms with Crippen molar-refractivity contribution in [3.8, 4) is 0 Å². The lowest BCUT2D eigenvalue weighted by molar-refractivity contribution is 0.0591. The Balaban J connectivity index is 3.23. The standard InChI is InChI=1S/C9H9NO3/c1-6-3-4-7(5-11)8(10-6)9(12)13-2/h3-5H,1-2H3. The summed E-state index contributed by atoms with van der Waals surface area (Å²) >= 11 is 0. The fourth-order valence-electron chi connectivity index (χ4n) is 0.923. The number of aromatic nitrogens is 1. The minimum absolute atomic E-state index is 0.0671. The number of carbonyl (C=O) groups is 2. The first kappa shape index (κ1) is 9.38. The van der Waals surface area contributed by atoms with Gasteiger partial charge in [0.25, 0.3) is 0 Å². The van der Waals surface area contributed by atoms with Gasteiger partial charge in [-0.05, 0) is 19.1 Å². The van der Waals surface area contributed by atoms with Crippen LogP contribution in [0, 0.1) is 6.92 Å². The number of rotatable bonds is 2. The molecule has 68 valence electrons. The Bertz CT molecular complexity index is 347. The summed E-state index contributed by atoms with van der Waals surface area (Å²) in [4.78, 5) is 25.5. The van der Waals surface area contributed by atoms with Crippen molar-refractivity contribution in [1.29, 1.82) is 0 Å². The van der Waals surface area contributed by atoms with Crippen LogP contribution in [0.3, 0.4) is 0 Å². The van der Waals surface area contributed by atoms with Gasteiger partial charge in [-0.2, -0.15) is 0 Å². The lowest BCUT2D eigenvalue weighted by atomic mass is 10.2. The SMILES string of the molecule is COC(=O)c1nc(C)ccc1C=O. The maximum Gasteiger partial charge on any atom is 0.357 e. The molecule has 0 atom stereocenters. The van der Waals surface area contributed by atoms with Crippen LogP contribution in [-0.4, -0.2) is 24.3 Å². The van der Waals surface area contributed by atoms with Gasteiger partial charge in [-0.3, -0.25) is 4.79 Å². The van der Waals surface area contributed by atoms with Crippen LogP contribution in [0.25, 0.3) is 0 Å². The second kappa shape index (κ2) is 3.80. The molecular weight excluding hydrogens is 170 g/mol. The fourth-order valence-corrected chi connectivity index (χ4v) is 0.923. The van der Waals surface area contributed by atoms with Crippen molar-refractivity contribution in [3.63, 3.8) is 0 Å². The fraction of sp³-hybridized carbons (Fsp3) is 0.222. The van der Waals surface area contributed by atoms with Crippen molar-refractivity contribution < 1.29 is 14.3 Å². The summed E-state index contributed by atoms with van der Waals surface area (Å²) in [5.41, 5.74) is 0.987. The van der Waals surface area contributed by atoms with E-state index >= 15 is 0 Å². The van der Waals surface area contributed by atoms with Crippen molar-refractivity contribution >= 4 is 12.3 Å². The number of pyridine rings is 1. The first-order valence-corrected chi connectivity index (χ1v) is 3.70. The first-order chi connectivity index (χ1) is 6.19. The number of aryl methyl sites for hydroxylation is 1. The summed E-state index contributed by atoms with van der Waals surface area (Å²) in [5, 5.41) is 0. The number of esters is 1. The van der Waals surface area contributed by atoms with Gasteiger partial charge in [0.15, 0.2) is 12.0 Å². The van der Waals surface area contributed by atoms with E-state index in [1.807, 2.05) is 0 Å². The molecule has 0 aliphatic rings. The van der Waals surface area contributed by atoms with E-state index in [1.54, 1.807) is 19.1 Å². The number of hydrogen-bond acceptors (Lipinski definition) is 4. The summed E-state index contributed by atoms with van der Waals surface area (Å²) in [6.07, 6.45) is 0.582. The second-order valence-corrected chi connectivity index (χ2v) is 2.50. The second-order valence-electron chi connectivity index (χ2n) is 2.50. The van der Waals surface area contributed by atoms with E-state index in [-0.39, 0.29) is 11.3 Å². The third kappa shape index (κ3) is 1.90. The predicted octanol–water partition coefficient (Wildman–Crippen LogP) is 0.989. The smallest absolute Gasteiger partial charge is 0.357 e. The highest BCUT2D eigenvalue weighted by molar-refractivity contribution is 5.96. The summed E-state index contributed by atoms with van der Waals surface area (Å²) < 4.78 is 4.47. The van der Waals surface area contributed by atoms with Gasteiger partial charge in [0.2, 0.25) is 0 Å². The van der Waals surface area contributed by atoms with Gasteiger partial charge in [0.1, 0.15) is 0 Å². The summed E-state index contributed by atoms with van der Waals surface area (Å²) in [6, 6.07) is 3.21. The van der Waals surface area contributed by atoms with Crippen molar-refractivity contribution in [3.05, 3.63) is 29.1 Å². The molecule has 0 amide bonds. The predicted molar refractivity (Wildman–Crippen MR) is 45.7 cm³/mol. The number of nitrogens with zero attached hydrogens (tertiary/aromatic N) is 1. The van der Waals surface area contributed by atoms with Crippen LogP contribution in [-0.2, 0) is 4.74 Å². The van der Waals surface area contributed by atoms with E-state index in [1.165, 1.54) is 7.11 Å². The maximum absolute atomic E-state index is 11.1. The van der Waals surface area contributed by atoms with Gasteiger partial charge in [-0.1, -0.05) is 0 Å². The molecule has 4 nitrogen and oxygen atoms in total. The van der Waals surface area contributed by atoms with E-state index in [0.717, 1.165) is 0 Å². The average molecular weight is 179 g/mol. The van der Waals surface area contributed by atoms with Crippen molar-refractivity contribution in [1.82, 2.24) is 4.98 Å². The monoisotopic (exact) mass is 179 g/mol. The Morgan fingerprint density at radius 1 is 1.54 bits per heavy atom. The van der Waals surface area contributed by atoms with Crippen LogP contribution in [0.15, 0.2) is 12.1 Å². The number of methoxy groups -OCH3 is 1. The number of aldehydes is 1. The maximum atomic E-state index is 11.1. The van der Waals surface area contributed by atoms with E-state index in [9.17, 15) is 9.59 Å². The van der Waals surface area contributed by atoms with Crippen LogP contribution in [0.1, 0.15) is 26.5 Å². The molecular formula is C9H9NO3. The van der Waals surface area contributed by atoms with Crippen molar-refractivity contribution in [2.24, 2.45) is 0 Å². The molecule has 0 bridgehead atoms. The molecule has 0 N–H and O–H groups in total. The normalized spacial score (nSPS) is 9.38. The summed E-state index contributed by atoms with van der Waals surface area (Å²) in [6.45, 7) is 1.74. The number of ether oxygens (including phenoxy) is 1. The Morgan fingerprint density at radius 2 is 2.23 bits per heavy atom. The molecule has 0 fully saturated rings. The molecule has 4 heteroatoms. The van der Waals surface area contributed by atoms with Crippen LogP contribution in [0.5, 0.6) is 0 Å². The molecule has 13 heavy (non-hydrogen) atoms. The van der Waals surface area contributed by atoms with Crippen molar-refractivity contribution in [2.75, 3.05) is 7.11 Å². The van der Waals surface area contributed by atoms with Gasteiger partial charge in [-0.15, -0.1) is 0 Å². The molecule has 1 aromatic rings. The van der Waals surface area contributed by atoms with Crippen LogP contribution >= 0.6 is 0 Å². The minimum Gasteiger partial charge on any atom is -0.464 e. The number of hydrogen-bond donors (Lipinski definition) is 0. The van der Waals surface area contributed by atoms with Crippen LogP contribution in [0.2, 0.25) is 0 Å². The zero-order valence-corrected chi connectivity index (χ0v) is 7.40. The van der Waals surface area contributed by atoms with Gasteiger partial charge < -0.3 is 4.74 Å². The van der Waals surface area contributed by atoms with E-state index in [2.05, 4.69) is 9.72 Å². The Kier molecular flexibility index (Phi) is 2.74. The molecule has 0 aromatic carbocycles. The van der Waals surface area contributed by atoms with Crippen LogP contribution < -0.4 is 0 Å². The van der Waals surface area contributed by atoms with E-state index < -0.39 is 5.97 Å². The first-order valence-electron chi connectivity index (χ1n) is 3.70. The molecule has 0 radical (unpaired) electrons. The van der Waals surface area contributed by atoms with Crippen LogP contribution in [0.4, 0.5) is 0 Å². The molecule has 1 heterocycles. The highest BCUT2D eigenvalue weighted by Gasteiger charge is 2.12. The molecule has 0 saturated heterocycles. The zero-order chi connectivity index (χ0) is 9.84. The third-order valence-corrected chi connectivity index (χ3v) is 1.57. The lowest BCUT2D eigenvalue weighted by Crippen LogP contribution is -2.08. The van der Waals surface area contributed by atoms with E-state index in [4.69, 9.17) is 0 Å². The lowest BCUT2D eigenvalue weighted by Gasteiger charge is -2.01. The Labute approximate surface area is 75.5 Å². The van der Waals surface area contributed by atoms with Gasteiger partial charge >= 0.3 is 5.97 Å². The molecule has 1 aromatic heterocycles. The average Bonchev–Trinajstić information content (AvgIpc) is 2.16. The third-order valence-electron chi connectivity index (χ3n) is 1.57. The largest absolute Gasteiger partial charge is 0.464 e. The van der Waals surface area contributed by atoms with Gasteiger partial charge in [0, 0.05) is 11.3 Å². The Morgan fingerprint density at radius 3 is 2.77 bits per heavy atom. The van der Waals surface area contributed by atoms with Crippen molar-refractivity contribution in [2.45, 2.75) is 6.92 Å². The summed E-state index contributed by atoms with van der Waals surface area (Å²) in [5.74, 6) is -0.592. The van der Waals surface area contributed by atoms with E-state index in [0.29, 0.717) is 12.0 Å². The zero-order valence-electron chi connectivity index (χ0n) is 7.40. The molecule has 0 aliphatic heterocycles. The summed E-state index contributed by atoms with van der Waals surface area (Å²) in [7, 11) is 1.25. The number of carbonyl (C=O) groups excluding carboxylic acids is 2. The highest BCUT2D eigenvalue weighted by Crippen LogP contribution is 2.06. The molecule has 1 rings (SSSR count). The molecule has 0 unspecified atom stereocenters.